The van der Waals surface area contributed by atoms with Crippen LogP contribution < -0.4 is 5.11 Å². The number of carboxylic acids is 1. The summed E-state index contributed by atoms with van der Waals surface area (Å²) in [7, 11) is -1.52. The van der Waals surface area contributed by atoms with Crippen LogP contribution in [0.4, 0.5) is 13.2 Å². The molecule has 9 heteroatoms. The van der Waals surface area contributed by atoms with Crippen LogP contribution in [0.5, 0.6) is 0 Å². The second-order valence-corrected chi connectivity index (χ2v) is 5.99. The first-order valence-corrected chi connectivity index (χ1v) is 6.93. The van der Waals surface area contributed by atoms with Crippen LogP contribution in [0.15, 0.2) is 24.3 Å². The summed E-state index contributed by atoms with van der Waals surface area (Å²) < 4.78 is 41.7. The van der Waals surface area contributed by atoms with Gasteiger partial charge in [0.25, 0.3) is 0 Å². The Labute approximate surface area is 123 Å². The molecular weight excluding hydrogens is 338 g/mol. The molecule has 0 saturated heterocycles. The van der Waals surface area contributed by atoms with Crippen LogP contribution in [0.1, 0.15) is 15.2 Å². The summed E-state index contributed by atoms with van der Waals surface area (Å²) in [6.45, 7) is 0. The van der Waals surface area contributed by atoms with E-state index in [0.717, 1.165) is 18.2 Å². The number of aromatic carboxylic acids is 1. The van der Waals surface area contributed by atoms with Gasteiger partial charge in [-0.05, 0) is 10.4 Å². The summed E-state index contributed by atoms with van der Waals surface area (Å²) in [5, 5.41) is 10.5. The van der Waals surface area contributed by atoms with Gasteiger partial charge in [-0.15, -0.1) is 0 Å². The van der Waals surface area contributed by atoms with Crippen molar-refractivity contribution >= 4 is 39.8 Å². The van der Waals surface area contributed by atoms with E-state index in [4.69, 9.17) is 23.2 Å². The summed E-state index contributed by atoms with van der Waals surface area (Å²) in [6.07, 6.45) is -4.54. The van der Waals surface area contributed by atoms with Crippen molar-refractivity contribution in [2.24, 2.45) is 0 Å². The number of nitrogens with zero attached hydrogens (tertiary/aromatic N) is 1. The highest BCUT2D eigenvalue weighted by atomic mass is 35.5. The van der Waals surface area contributed by atoms with E-state index in [1.807, 2.05) is 0 Å². The van der Waals surface area contributed by atoms with Gasteiger partial charge in [0.15, 0.2) is 0 Å². The average Bonchev–Trinajstić information content (AvgIpc) is 2.65. The van der Waals surface area contributed by atoms with E-state index in [2.05, 4.69) is 4.37 Å². The largest absolute Gasteiger partial charge is 0.540 e. The Balaban J connectivity index is 2.64. The Bertz CT molecular complexity index is 685. The predicted octanol–water partition coefficient (Wildman–Crippen LogP) is 3.51. The highest BCUT2D eigenvalue weighted by Crippen LogP contribution is 2.42. The number of carbonyl (C=O) groups excluding carboxylic acids is 1. The van der Waals surface area contributed by atoms with Crippen molar-refractivity contribution in [3.8, 4) is 4.90 Å². The van der Waals surface area contributed by atoms with Gasteiger partial charge >= 0.3 is 6.18 Å². The van der Waals surface area contributed by atoms with Gasteiger partial charge in [-0.2, -0.15) is 13.2 Å². The Morgan fingerprint density at radius 3 is 2.50 bits per heavy atom. The van der Waals surface area contributed by atoms with E-state index >= 15 is 0 Å². The van der Waals surface area contributed by atoms with Gasteiger partial charge in [0.2, 0.25) is 14.9 Å². The van der Waals surface area contributed by atoms with Crippen LogP contribution in [0.3, 0.4) is 0 Å². The molecule has 3 nitrogen and oxygen atoms in total. The summed E-state index contributed by atoms with van der Waals surface area (Å²) in [4.78, 5) is 10.7. The zero-order valence-electron chi connectivity index (χ0n) is 9.37. The maximum absolute atomic E-state index is 12.6. The summed E-state index contributed by atoms with van der Waals surface area (Å²) in [5.41, 5.74) is -0.908. The fraction of sp³-hybridized carbons (Fsp3) is 0.0909. The molecule has 0 aliphatic heterocycles. The van der Waals surface area contributed by atoms with Crippen molar-refractivity contribution < 1.29 is 23.1 Å². The lowest BCUT2D eigenvalue weighted by molar-refractivity contribution is -0.254. The molecule has 106 valence electrons. The highest BCUT2D eigenvalue weighted by Gasteiger charge is 2.34. The summed E-state index contributed by atoms with van der Waals surface area (Å²) in [5.74, 6) is -1.62. The zero-order chi connectivity index (χ0) is 15.1. The number of hydrogen-bond acceptors (Lipinski definition) is 3. The van der Waals surface area contributed by atoms with E-state index in [-0.39, 0.29) is 15.1 Å². The molecule has 1 heterocycles. The number of alkyl halides is 3. The molecule has 1 aromatic carbocycles. The quantitative estimate of drug-likeness (QED) is 0.785. The molecule has 20 heavy (non-hydrogen) atoms. The Hall–Kier alpha value is -1.31. The number of rotatable bonds is 2. The number of aromatic nitrogens is 1. The van der Waals surface area contributed by atoms with Crippen molar-refractivity contribution in [3.63, 3.8) is 0 Å². The molecule has 0 aliphatic carbocycles. The fourth-order valence-electron chi connectivity index (χ4n) is 1.48. The standard InChI is InChI=1S/C11H4Cl2F3NO2S/c12-7-8(10(18)19)20(17-9(7)13)6-3-1-2-5(4-6)11(14,15)16/h1-4H. The molecule has 2 rings (SSSR count). The van der Waals surface area contributed by atoms with Crippen LogP contribution in [0.25, 0.3) is 4.90 Å². The number of carboxylic acid groups (broad SMARTS) is 1. The van der Waals surface area contributed by atoms with Crippen molar-refractivity contribution in [1.82, 2.24) is 4.37 Å². The molecule has 0 radical (unpaired) electrons. The van der Waals surface area contributed by atoms with E-state index in [1.165, 1.54) is 6.07 Å². The van der Waals surface area contributed by atoms with Gasteiger partial charge in [0, 0.05) is 12.1 Å². The van der Waals surface area contributed by atoms with Crippen LogP contribution in [0.2, 0.25) is 10.2 Å². The van der Waals surface area contributed by atoms with Gasteiger partial charge < -0.3 is 9.90 Å². The monoisotopic (exact) mass is 341 g/mol. The lowest BCUT2D eigenvalue weighted by Crippen LogP contribution is -2.22. The SMILES string of the molecule is O=C([O-])c1c(Cl)c(Cl)n[s+]1-c1cccc(C(F)(F)F)c1. The topological polar surface area (TPSA) is 53.0 Å². The zero-order valence-corrected chi connectivity index (χ0v) is 11.7. The van der Waals surface area contributed by atoms with Crippen molar-refractivity contribution in [2.45, 2.75) is 6.18 Å². The highest BCUT2D eigenvalue weighted by molar-refractivity contribution is 7.37. The molecule has 0 spiro atoms. The van der Waals surface area contributed by atoms with Gasteiger partial charge in [-0.1, -0.05) is 29.3 Å². The van der Waals surface area contributed by atoms with Crippen LogP contribution >= 0.6 is 33.9 Å². The first kappa shape index (κ1) is 15.1. The molecule has 0 amide bonds. The average molecular weight is 342 g/mol. The minimum Gasteiger partial charge on any atom is -0.540 e. The maximum Gasteiger partial charge on any atom is 0.416 e. The third-order valence-corrected chi connectivity index (χ3v) is 5.09. The lowest BCUT2D eigenvalue weighted by Gasteiger charge is -2.05. The van der Waals surface area contributed by atoms with Crippen LogP contribution in [0, 0.1) is 0 Å². The second kappa shape index (κ2) is 5.23. The number of benzene rings is 1. The van der Waals surface area contributed by atoms with Crippen LogP contribution in [-0.4, -0.2) is 10.3 Å². The van der Waals surface area contributed by atoms with E-state index < -0.39 is 33.3 Å². The maximum atomic E-state index is 12.6. The Morgan fingerprint density at radius 2 is 1.95 bits per heavy atom. The van der Waals surface area contributed by atoms with E-state index in [0.29, 0.717) is 0 Å². The number of carbonyl (C=O) groups is 1. The molecule has 0 fully saturated rings. The van der Waals surface area contributed by atoms with Gasteiger partial charge in [0.1, 0.15) is 21.7 Å². The van der Waals surface area contributed by atoms with Gasteiger partial charge in [-0.25, -0.2) is 0 Å². The van der Waals surface area contributed by atoms with Gasteiger partial charge in [0.05, 0.1) is 5.56 Å². The lowest BCUT2D eigenvalue weighted by atomic mass is 10.2. The van der Waals surface area contributed by atoms with Crippen molar-refractivity contribution in [3.05, 3.63) is 44.9 Å². The third kappa shape index (κ3) is 2.74. The van der Waals surface area contributed by atoms with Gasteiger partial charge in [-0.3, -0.25) is 0 Å². The summed E-state index contributed by atoms with van der Waals surface area (Å²) >= 11 is 11.3. The summed E-state index contributed by atoms with van der Waals surface area (Å²) in [6, 6.07) is 4.17. The number of hydrogen-bond donors (Lipinski definition) is 0. The molecule has 1 atom stereocenters. The molecule has 2 aromatic rings. The third-order valence-electron chi connectivity index (χ3n) is 2.32. The molecule has 1 unspecified atom stereocenters. The molecular formula is C11H4Cl2F3NO2S. The molecule has 0 saturated carbocycles. The normalized spacial score (nSPS) is 12.6. The minimum absolute atomic E-state index is 0.0489. The van der Waals surface area contributed by atoms with E-state index in [9.17, 15) is 23.1 Å². The number of halogens is 5. The second-order valence-electron chi connectivity index (χ2n) is 3.62. The van der Waals surface area contributed by atoms with Crippen LogP contribution in [-0.2, 0) is 6.18 Å². The first-order valence-electron chi connectivity index (χ1n) is 4.99. The minimum atomic E-state index is -4.54. The fourth-order valence-corrected chi connectivity index (χ4v) is 3.78. The predicted molar refractivity (Wildman–Crippen MR) is 67.4 cm³/mol. The molecule has 0 aliphatic rings. The van der Waals surface area contributed by atoms with Crippen molar-refractivity contribution in [1.29, 1.82) is 0 Å². The Morgan fingerprint density at radius 1 is 1.30 bits per heavy atom. The van der Waals surface area contributed by atoms with E-state index in [1.54, 1.807) is 0 Å². The van der Waals surface area contributed by atoms with Crippen molar-refractivity contribution in [2.75, 3.05) is 0 Å². The Kier molecular flexibility index (Phi) is 3.95. The molecule has 0 N–H and O–H groups in total. The smallest absolute Gasteiger partial charge is 0.416 e. The molecule has 1 aromatic heterocycles. The first-order chi connectivity index (χ1) is 9.21. The molecule has 0 bridgehead atoms.